The maximum absolute atomic E-state index is 14.9. The van der Waals surface area contributed by atoms with Gasteiger partial charge in [0.25, 0.3) is 0 Å². The molecule has 0 spiro atoms. The number of fused-ring (bicyclic) bond motifs is 12. The first-order chi connectivity index (χ1) is 43.6. The lowest BCUT2D eigenvalue weighted by Gasteiger charge is -2.27. The summed E-state index contributed by atoms with van der Waals surface area (Å²) in [5.74, 6) is 0. The van der Waals surface area contributed by atoms with Crippen LogP contribution in [0.2, 0.25) is 0 Å². The molecule has 0 bridgehead atoms. The molecule has 13 rings (SSSR count). The van der Waals surface area contributed by atoms with Crippen LogP contribution in [-0.2, 0) is 49.4 Å². The van der Waals surface area contributed by atoms with Gasteiger partial charge in [0.1, 0.15) is 23.3 Å². The smallest absolute Gasteiger partial charge is 0.306 e. The van der Waals surface area contributed by atoms with Gasteiger partial charge in [-0.2, -0.15) is 116 Å². The van der Waals surface area contributed by atoms with Gasteiger partial charge in [-0.05, 0) is 146 Å². The highest BCUT2D eigenvalue weighted by Gasteiger charge is 2.42. The fraction of sp³-hybridized carbons (Fsp3) is 0.125. The minimum absolute atomic E-state index is 0.330. The molecule has 0 aliphatic carbocycles. The van der Waals surface area contributed by atoms with Crippen molar-refractivity contribution in [1.82, 2.24) is 18.3 Å². The van der Waals surface area contributed by atoms with Gasteiger partial charge in [0.15, 0.2) is 0 Å². The highest BCUT2D eigenvalue weighted by Crippen LogP contribution is 2.53. The standard InChI is InChI=1S/C64H24F24N6/c65-57(66,67)27-1-9-45-35(17-27)36-18-28(58(68,69)70)2-10-46(36)91(45)53-43(25-89)54(92-47-11-3-29(59(71,72)73)19-37(47)38-20-30(60(74,75)76)4-12-48(38)92)56(94-51-15-7-33(63(83,84)85)23-41(51)42-24-34(64(86,87)88)8-16-52(42)94)55(44(53)26-90)93-49-13-5-31(61(77,78)79)21-39(49)40-22-32(62(80,81)82)6-14-50(40)93/h1-24H. The number of halogens is 24. The zero-order chi connectivity index (χ0) is 68.0. The van der Waals surface area contributed by atoms with E-state index in [1.807, 2.05) is 0 Å². The van der Waals surface area contributed by atoms with Gasteiger partial charge in [0.05, 0.1) is 111 Å². The van der Waals surface area contributed by atoms with Gasteiger partial charge in [0, 0.05) is 43.1 Å². The maximum Gasteiger partial charge on any atom is 0.416 e. The number of rotatable bonds is 4. The molecule has 0 aliphatic rings. The lowest BCUT2D eigenvalue weighted by molar-refractivity contribution is -0.138. The molecule has 0 saturated carbocycles. The van der Waals surface area contributed by atoms with Crippen LogP contribution in [0.5, 0.6) is 0 Å². The molecule has 0 amide bonds. The zero-order valence-corrected chi connectivity index (χ0v) is 45.6. The second-order valence-corrected chi connectivity index (χ2v) is 21.5. The second-order valence-electron chi connectivity index (χ2n) is 21.5. The largest absolute Gasteiger partial charge is 0.416 e. The summed E-state index contributed by atoms with van der Waals surface area (Å²) in [6, 6.07) is 14.2. The van der Waals surface area contributed by atoms with E-state index in [4.69, 9.17) is 0 Å². The van der Waals surface area contributed by atoms with Crippen LogP contribution < -0.4 is 0 Å². The molecule has 9 aromatic carbocycles. The molecular weight excluding hydrogens is 1310 g/mol. The van der Waals surface area contributed by atoms with Gasteiger partial charge in [-0.25, -0.2) is 0 Å². The molecule has 4 heterocycles. The molecule has 478 valence electrons. The molecule has 94 heavy (non-hydrogen) atoms. The van der Waals surface area contributed by atoms with Gasteiger partial charge in [-0.1, -0.05) is 0 Å². The monoisotopic (exact) mass is 1330 g/mol. The van der Waals surface area contributed by atoms with Gasteiger partial charge in [-0.3, -0.25) is 0 Å². The van der Waals surface area contributed by atoms with Crippen LogP contribution in [0.4, 0.5) is 105 Å². The highest BCUT2D eigenvalue weighted by atomic mass is 19.4. The van der Waals surface area contributed by atoms with Crippen molar-refractivity contribution in [2.75, 3.05) is 0 Å². The van der Waals surface area contributed by atoms with E-state index < -0.39 is 215 Å². The Kier molecular flexibility index (Phi) is 13.3. The van der Waals surface area contributed by atoms with E-state index in [-0.39, 0.29) is 0 Å². The third kappa shape index (κ3) is 9.68. The SMILES string of the molecule is N#Cc1c(-n2c3ccc(C(F)(F)F)cc3c3cc(C(F)(F)F)ccc32)c(C#N)c(-n2c3ccc(C(F)(F)F)cc3c3cc(C(F)(F)F)ccc32)c(-n2c3ccc(C(F)(F)F)cc3c3cc(C(F)(F)F)ccc32)c1-n1c2ccc(C(F)(F)F)cc2c2cc(C(F)(F)F)ccc21. The summed E-state index contributed by atoms with van der Waals surface area (Å²) in [5, 5.41) is 18.0. The summed E-state index contributed by atoms with van der Waals surface area (Å²) in [5.41, 5.74) is -24.4. The van der Waals surface area contributed by atoms with Crippen molar-refractivity contribution in [2.45, 2.75) is 49.4 Å². The molecule has 4 aromatic heterocycles. The third-order valence-corrected chi connectivity index (χ3v) is 16.2. The van der Waals surface area contributed by atoms with Crippen molar-refractivity contribution in [3.05, 3.63) is 201 Å². The first-order valence-corrected chi connectivity index (χ1v) is 26.6. The maximum atomic E-state index is 14.9. The molecule has 0 aliphatic heterocycles. The van der Waals surface area contributed by atoms with Crippen LogP contribution in [0.1, 0.15) is 55.6 Å². The topological polar surface area (TPSA) is 67.3 Å². The van der Waals surface area contributed by atoms with Crippen LogP contribution in [0, 0.1) is 22.7 Å². The average Bonchev–Trinajstić information content (AvgIpc) is 1.48. The van der Waals surface area contributed by atoms with Crippen LogP contribution in [0.25, 0.3) is 110 Å². The molecule has 0 atom stereocenters. The summed E-state index contributed by atoms with van der Waals surface area (Å²) in [7, 11) is 0. The van der Waals surface area contributed by atoms with Crippen molar-refractivity contribution in [3.63, 3.8) is 0 Å². The van der Waals surface area contributed by atoms with E-state index in [2.05, 4.69) is 0 Å². The normalized spacial score (nSPS) is 13.5. The van der Waals surface area contributed by atoms with E-state index >= 15 is 0 Å². The summed E-state index contributed by atoms with van der Waals surface area (Å²) in [4.78, 5) is 0. The number of benzene rings is 9. The molecule has 30 heteroatoms. The minimum Gasteiger partial charge on any atom is -0.306 e. The van der Waals surface area contributed by atoms with E-state index in [0.29, 0.717) is 150 Å². The van der Waals surface area contributed by atoms with Crippen molar-refractivity contribution < 1.29 is 105 Å². The van der Waals surface area contributed by atoms with Crippen LogP contribution in [-0.4, -0.2) is 18.3 Å². The Balaban J connectivity index is 1.40. The number of aromatic nitrogens is 4. The number of alkyl halides is 24. The molecule has 0 radical (unpaired) electrons. The number of nitriles is 2. The predicted molar refractivity (Wildman–Crippen MR) is 293 cm³/mol. The van der Waals surface area contributed by atoms with E-state index in [0.717, 1.165) is 13.7 Å². The number of hydrogen-bond acceptors (Lipinski definition) is 2. The fourth-order valence-corrected chi connectivity index (χ4v) is 12.2. The Hall–Kier alpha value is -10.5. The van der Waals surface area contributed by atoms with Crippen molar-refractivity contribution in [2.24, 2.45) is 0 Å². The Bertz CT molecular complexity index is 5050. The number of nitrogens with zero attached hydrogens (tertiary/aromatic N) is 6. The Morgan fingerprint density at radius 1 is 0.202 bits per heavy atom. The van der Waals surface area contributed by atoms with Crippen molar-refractivity contribution in [3.8, 4) is 34.9 Å². The average molecular weight is 1330 g/mol. The van der Waals surface area contributed by atoms with Crippen LogP contribution in [0.3, 0.4) is 0 Å². The summed E-state index contributed by atoms with van der Waals surface area (Å²) >= 11 is 0. The molecule has 0 fully saturated rings. The quantitative estimate of drug-likeness (QED) is 0.165. The fourth-order valence-electron chi connectivity index (χ4n) is 12.2. The summed E-state index contributed by atoms with van der Waals surface area (Å²) in [6.07, 6.45) is -42.6. The highest BCUT2D eigenvalue weighted by molar-refractivity contribution is 6.16. The summed E-state index contributed by atoms with van der Waals surface area (Å²) < 4.78 is 360. The molecule has 0 N–H and O–H groups in total. The van der Waals surface area contributed by atoms with Gasteiger partial charge < -0.3 is 18.3 Å². The molecule has 13 aromatic rings. The lowest BCUT2D eigenvalue weighted by atomic mass is 9.98. The Morgan fingerprint density at radius 3 is 0.479 bits per heavy atom. The van der Waals surface area contributed by atoms with Gasteiger partial charge >= 0.3 is 49.4 Å². The third-order valence-electron chi connectivity index (χ3n) is 16.2. The van der Waals surface area contributed by atoms with E-state index in [1.165, 1.54) is 0 Å². The molecular formula is C64H24F24N6. The van der Waals surface area contributed by atoms with Crippen LogP contribution >= 0.6 is 0 Å². The zero-order valence-electron chi connectivity index (χ0n) is 45.6. The van der Waals surface area contributed by atoms with E-state index in [1.54, 1.807) is 12.1 Å². The minimum atomic E-state index is -5.34. The first kappa shape index (κ1) is 62.3. The van der Waals surface area contributed by atoms with Crippen LogP contribution in [0.15, 0.2) is 146 Å². The van der Waals surface area contributed by atoms with Crippen molar-refractivity contribution >= 4 is 87.2 Å². The lowest BCUT2D eigenvalue weighted by Crippen LogP contribution is -2.17. The molecule has 0 unspecified atom stereocenters. The molecule has 0 saturated heterocycles. The number of hydrogen-bond donors (Lipinski definition) is 0. The Morgan fingerprint density at radius 2 is 0.340 bits per heavy atom. The summed E-state index contributed by atoms with van der Waals surface area (Å²) in [6.45, 7) is 0. The Labute approximate surface area is 505 Å². The van der Waals surface area contributed by atoms with E-state index in [9.17, 15) is 116 Å². The molecule has 6 nitrogen and oxygen atoms in total. The van der Waals surface area contributed by atoms with Gasteiger partial charge in [-0.15, -0.1) is 0 Å². The second kappa shape index (κ2) is 20.0. The van der Waals surface area contributed by atoms with Crippen molar-refractivity contribution in [1.29, 1.82) is 10.5 Å². The first-order valence-electron chi connectivity index (χ1n) is 26.6. The predicted octanol–water partition coefficient (Wildman–Crippen LogP) is 22.0. The van der Waals surface area contributed by atoms with Gasteiger partial charge in [0.2, 0.25) is 0 Å².